The lowest BCUT2D eigenvalue weighted by Crippen LogP contribution is -2.05. The average molecular weight is 401 g/mol. The van der Waals surface area contributed by atoms with E-state index in [0.717, 1.165) is 44.3 Å². The molecule has 2 heterocycles. The number of rotatable bonds is 4. The first-order chi connectivity index (χ1) is 15.2. The van der Waals surface area contributed by atoms with Gasteiger partial charge in [-0.05, 0) is 42.3 Å². The van der Waals surface area contributed by atoms with Crippen LogP contribution in [0.25, 0.3) is 39.1 Å². The van der Waals surface area contributed by atoms with Crippen molar-refractivity contribution in [2.24, 2.45) is 0 Å². The van der Waals surface area contributed by atoms with Crippen molar-refractivity contribution < 1.29 is 4.79 Å². The quantitative estimate of drug-likeness (QED) is 0.272. The Morgan fingerprint density at radius 2 is 1.55 bits per heavy atom. The standard InChI is InChI=1S/C27H19N3O/c1-18-26(25(31)14-12-19-11-13-23-24(17-19)29-16-15-28-23)27(20-7-3-2-4-8-20)21-9-5-6-10-22(21)30-18/h2-17H,1H3/b14-12+. The Kier molecular flexibility index (Phi) is 4.81. The third-order valence-electron chi connectivity index (χ3n) is 5.30. The Morgan fingerprint density at radius 3 is 2.39 bits per heavy atom. The summed E-state index contributed by atoms with van der Waals surface area (Å²) >= 11 is 0. The molecule has 0 aliphatic carbocycles. The van der Waals surface area contributed by atoms with Crippen LogP contribution >= 0.6 is 0 Å². The van der Waals surface area contributed by atoms with Crippen molar-refractivity contribution in [3.05, 3.63) is 108 Å². The summed E-state index contributed by atoms with van der Waals surface area (Å²) in [6, 6.07) is 23.7. The van der Waals surface area contributed by atoms with Gasteiger partial charge in [-0.2, -0.15) is 0 Å². The maximum Gasteiger partial charge on any atom is 0.188 e. The summed E-state index contributed by atoms with van der Waals surface area (Å²) in [5, 5.41) is 0.969. The molecule has 148 valence electrons. The van der Waals surface area contributed by atoms with Crippen molar-refractivity contribution in [2.45, 2.75) is 6.92 Å². The van der Waals surface area contributed by atoms with Crippen LogP contribution in [0.4, 0.5) is 0 Å². The Morgan fingerprint density at radius 1 is 0.806 bits per heavy atom. The van der Waals surface area contributed by atoms with Gasteiger partial charge in [-0.3, -0.25) is 19.7 Å². The number of fused-ring (bicyclic) bond motifs is 2. The summed E-state index contributed by atoms with van der Waals surface area (Å²) in [6.07, 6.45) is 6.77. The molecule has 5 aromatic rings. The molecule has 4 heteroatoms. The molecule has 0 fully saturated rings. The molecular formula is C27H19N3O. The highest BCUT2D eigenvalue weighted by molar-refractivity contribution is 6.16. The van der Waals surface area contributed by atoms with Crippen molar-refractivity contribution in [1.82, 2.24) is 15.0 Å². The molecule has 0 aliphatic rings. The van der Waals surface area contributed by atoms with Crippen LogP contribution in [-0.2, 0) is 0 Å². The van der Waals surface area contributed by atoms with Crippen LogP contribution in [0, 0.1) is 6.92 Å². The van der Waals surface area contributed by atoms with E-state index in [4.69, 9.17) is 4.98 Å². The highest BCUT2D eigenvalue weighted by Crippen LogP contribution is 2.33. The van der Waals surface area contributed by atoms with Crippen LogP contribution in [0.2, 0.25) is 0 Å². The SMILES string of the molecule is Cc1nc2ccccc2c(-c2ccccc2)c1C(=O)/C=C/c1ccc2nccnc2c1. The van der Waals surface area contributed by atoms with Gasteiger partial charge in [0.25, 0.3) is 0 Å². The highest BCUT2D eigenvalue weighted by Gasteiger charge is 2.18. The van der Waals surface area contributed by atoms with Gasteiger partial charge in [-0.15, -0.1) is 0 Å². The average Bonchev–Trinajstić information content (AvgIpc) is 2.82. The summed E-state index contributed by atoms with van der Waals surface area (Å²) in [6.45, 7) is 1.89. The predicted octanol–water partition coefficient (Wildman–Crippen LogP) is 6.05. The number of benzene rings is 3. The van der Waals surface area contributed by atoms with Gasteiger partial charge in [0.1, 0.15) is 0 Å². The molecular weight excluding hydrogens is 382 g/mol. The number of nitrogens with zero attached hydrogens (tertiary/aromatic N) is 3. The molecule has 0 atom stereocenters. The number of carbonyl (C=O) groups is 1. The zero-order valence-electron chi connectivity index (χ0n) is 17.0. The van der Waals surface area contributed by atoms with E-state index >= 15 is 0 Å². The zero-order valence-corrected chi connectivity index (χ0v) is 17.0. The van der Waals surface area contributed by atoms with Gasteiger partial charge in [0, 0.05) is 29.0 Å². The largest absolute Gasteiger partial charge is 0.289 e. The number of pyridine rings is 1. The van der Waals surface area contributed by atoms with E-state index in [2.05, 4.69) is 9.97 Å². The minimum absolute atomic E-state index is 0.0751. The Bertz CT molecular complexity index is 1460. The molecule has 0 aliphatic heterocycles. The number of carbonyl (C=O) groups excluding carboxylic acids is 1. The number of aromatic nitrogens is 3. The topological polar surface area (TPSA) is 55.7 Å². The van der Waals surface area contributed by atoms with E-state index in [1.165, 1.54) is 0 Å². The van der Waals surface area contributed by atoms with Crippen LogP contribution in [0.1, 0.15) is 21.6 Å². The molecule has 0 radical (unpaired) electrons. The van der Waals surface area contributed by atoms with Crippen LogP contribution in [0.15, 0.2) is 91.3 Å². The fraction of sp³-hybridized carbons (Fsp3) is 0.0370. The fourth-order valence-corrected chi connectivity index (χ4v) is 3.88. The molecule has 3 aromatic carbocycles. The van der Waals surface area contributed by atoms with Crippen LogP contribution in [0.5, 0.6) is 0 Å². The van der Waals surface area contributed by atoms with Gasteiger partial charge in [0.05, 0.1) is 22.1 Å². The van der Waals surface area contributed by atoms with Gasteiger partial charge < -0.3 is 0 Å². The van der Waals surface area contributed by atoms with Gasteiger partial charge in [-0.1, -0.05) is 60.7 Å². The molecule has 4 nitrogen and oxygen atoms in total. The first-order valence-electron chi connectivity index (χ1n) is 10.1. The number of allylic oxidation sites excluding steroid dienone is 1. The molecule has 0 N–H and O–H groups in total. The minimum atomic E-state index is -0.0751. The molecule has 0 amide bonds. The van der Waals surface area contributed by atoms with E-state index in [9.17, 15) is 4.79 Å². The van der Waals surface area contributed by atoms with Crippen LogP contribution < -0.4 is 0 Å². The van der Waals surface area contributed by atoms with Crippen molar-refractivity contribution >= 4 is 33.8 Å². The molecule has 0 bridgehead atoms. The minimum Gasteiger partial charge on any atom is -0.289 e. The van der Waals surface area contributed by atoms with Gasteiger partial charge in [-0.25, -0.2) is 0 Å². The summed E-state index contributed by atoms with van der Waals surface area (Å²) in [5.74, 6) is -0.0751. The van der Waals surface area contributed by atoms with Crippen molar-refractivity contribution in [3.63, 3.8) is 0 Å². The molecule has 0 spiro atoms. The second-order valence-corrected chi connectivity index (χ2v) is 7.33. The van der Waals surface area contributed by atoms with Gasteiger partial charge in [0.15, 0.2) is 5.78 Å². The number of aryl methyl sites for hydroxylation is 1. The lowest BCUT2D eigenvalue weighted by molar-refractivity contribution is 0.104. The van der Waals surface area contributed by atoms with E-state index in [1.807, 2.05) is 85.8 Å². The smallest absolute Gasteiger partial charge is 0.188 e. The van der Waals surface area contributed by atoms with E-state index in [1.54, 1.807) is 18.5 Å². The molecule has 2 aromatic heterocycles. The highest BCUT2D eigenvalue weighted by atomic mass is 16.1. The summed E-state index contributed by atoms with van der Waals surface area (Å²) in [7, 11) is 0. The summed E-state index contributed by atoms with van der Waals surface area (Å²) in [5.41, 5.74) is 6.67. The number of para-hydroxylation sites is 1. The third kappa shape index (κ3) is 3.60. The third-order valence-corrected chi connectivity index (χ3v) is 5.30. The molecule has 0 saturated heterocycles. The molecule has 5 rings (SSSR count). The first kappa shape index (κ1) is 18.8. The second kappa shape index (κ2) is 7.92. The number of hydrogen-bond donors (Lipinski definition) is 0. The monoisotopic (exact) mass is 401 g/mol. The van der Waals surface area contributed by atoms with Crippen LogP contribution in [-0.4, -0.2) is 20.7 Å². The lowest BCUT2D eigenvalue weighted by Gasteiger charge is -2.14. The Labute approximate surface area is 179 Å². The summed E-state index contributed by atoms with van der Waals surface area (Å²) < 4.78 is 0. The Balaban J connectivity index is 1.62. The maximum absolute atomic E-state index is 13.4. The van der Waals surface area contributed by atoms with Crippen molar-refractivity contribution in [3.8, 4) is 11.1 Å². The molecule has 0 unspecified atom stereocenters. The molecule has 0 saturated carbocycles. The second-order valence-electron chi connectivity index (χ2n) is 7.33. The van der Waals surface area contributed by atoms with Gasteiger partial charge in [0.2, 0.25) is 0 Å². The zero-order chi connectivity index (χ0) is 21.2. The van der Waals surface area contributed by atoms with E-state index < -0.39 is 0 Å². The number of ketones is 1. The normalized spacial score (nSPS) is 11.4. The van der Waals surface area contributed by atoms with E-state index in [-0.39, 0.29) is 5.78 Å². The summed E-state index contributed by atoms with van der Waals surface area (Å²) in [4.78, 5) is 26.7. The Hall–Kier alpha value is -4.18. The van der Waals surface area contributed by atoms with Crippen molar-refractivity contribution in [2.75, 3.05) is 0 Å². The number of hydrogen-bond acceptors (Lipinski definition) is 4. The maximum atomic E-state index is 13.4. The van der Waals surface area contributed by atoms with Crippen LogP contribution in [0.3, 0.4) is 0 Å². The van der Waals surface area contributed by atoms with Gasteiger partial charge >= 0.3 is 0 Å². The van der Waals surface area contributed by atoms with Crippen molar-refractivity contribution in [1.29, 1.82) is 0 Å². The fourth-order valence-electron chi connectivity index (χ4n) is 3.88. The first-order valence-corrected chi connectivity index (χ1v) is 10.1. The van der Waals surface area contributed by atoms with E-state index in [0.29, 0.717) is 5.56 Å². The predicted molar refractivity (Wildman–Crippen MR) is 125 cm³/mol. The lowest BCUT2D eigenvalue weighted by atomic mass is 9.92. The molecule has 31 heavy (non-hydrogen) atoms.